The molecule has 1 aliphatic heterocycles. The Balaban J connectivity index is 2.11. The van der Waals surface area contributed by atoms with E-state index < -0.39 is 39.7 Å². The maximum atomic E-state index is 12.6. The van der Waals surface area contributed by atoms with Crippen LogP contribution in [0.25, 0.3) is 0 Å². The quantitative estimate of drug-likeness (QED) is 0.624. The second-order valence-corrected chi connectivity index (χ2v) is 8.54. The molecule has 1 aliphatic carbocycles. The fraction of sp³-hybridized carbons (Fsp3) is 0.750. The molecule has 2 aliphatic rings. The zero-order valence-corrected chi connectivity index (χ0v) is 14.9. The number of nitrogens with zero attached hydrogens (tertiary/aromatic N) is 1. The summed E-state index contributed by atoms with van der Waals surface area (Å²) in [6, 6.07) is 0. The van der Waals surface area contributed by atoms with Gasteiger partial charge in [-0.25, -0.2) is 0 Å². The number of rotatable bonds is 6. The van der Waals surface area contributed by atoms with Gasteiger partial charge in [0.2, 0.25) is 5.91 Å². The smallest absolute Gasteiger partial charge is 0.317 e. The van der Waals surface area contributed by atoms with Gasteiger partial charge in [0.15, 0.2) is 0 Å². The van der Waals surface area contributed by atoms with E-state index in [9.17, 15) is 24.6 Å². The molecular formula is C16H26N2O5S. The number of carbonyl (C=O) groups is 3. The van der Waals surface area contributed by atoms with Crippen LogP contribution in [0.2, 0.25) is 0 Å². The SMILES string of the molecule is CCC(C(=O)O)S1=CC(C)CN1NC(=O)C1CCCCC1C(=O)O. The molecule has 0 aromatic carbocycles. The van der Waals surface area contributed by atoms with Crippen LogP contribution in [0, 0.1) is 17.8 Å². The van der Waals surface area contributed by atoms with Crippen molar-refractivity contribution in [2.24, 2.45) is 17.8 Å². The van der Waals surface area contributed by atoms with Gasteiger partial charge in [-0.15, -0.1) is 0 Å². The molecule has 136 valence electrons. The number of carboxylic acids is 2. The van der Waals surface area contributed by atoms with Gasteiger partial charge in [-0.1, -0.05) is 37.4 Å². The molecule has 1 saturated carbocycles. The Morgan fingerprint density at radius 3 is 2.42 bits per heavy atom. The third-order valence-corrected chi connectivity index (χ3v) is 7.28. The van der Waals surface area contributed by atoms with Gasteiger partial charge in [0.25, 0.3) is 0 Å². The van der Waals surface area contributed by atoms with Gasteiger partial charge in [0.05, 0.1) is 11.8 Å². The lowest BCUT2D eigenvalue weighted by atomic mass is 9.79. The van der Waals surface area contributed by atoms with Crippen LogP contribution in [0.5, 0.6) is 0 Å². The van der Waals surface area contributed by atoms with Crippen LogP contribution in [-0.4, -0.2) is 49.6 Å². The van der Waals surface area contributed by atoms with Crippen LogP contribution in [0.1, 0.15) is 46.0 Å². The fourth-order valence-corrected chi connectivity index (χ4v) is 5.80. The maximum Gasteiger partial charge on any atom is 0.317 e. The molecule has 8 heteroatoms. The van der Waals surface area contributed by atoms with E-state index >= 15 is 0 Å². The largest absolute Gasteiger partial charge is 0.481 e. The summed E-state index contributed by atoms with van der Waals surface area (Å²) in [6.07, 6.45) is 3.25. The highest BCUT2D eigenvalue weighted by molar-refractivity contribution is 8.14. The molecule has 1 heterocycles. The van der Waals surface area contributed by atoms with Crippen molar-refractivity contribution in [3.63, 3.8) is 0 Å². The third-order valence-electron chi connectivity index (χ3n) is 4.67. The van der Waals surface area contributed by atoms with Crippen molar-refractivity contribution in [1.29, 1.82) is 0 Å². The highest BCUT2D eigenvalue weighted by Crippen LogP contribution is 2.35. The summed E-state index contributed by atoms with van der Waals surface area (Å²) >= 11 is 0. The Morgan fingerprint density at radius 2 is 1.88 bits per heavy atom. The fourth-order valence-electron chi connectivity index (χ4n) is 3.44. The monoisotopic (exact) mass is 358 g/mol. The lowest BCUT2D eigenvalue weighted by molar-refractivity contribution is -0.149. The Hall–Kier alpha value is -1.41. The second-order valence-electron chi connectivity index (χ2n) is 6.57. The zero-order chi connectivity index (χ0) is 17.9. The van der Waals surface area contributed by atoms with Crippen LogP contribution in [-0.2, 0) is 14.4 Å². The normalized spacial score (nSPS) is 31.9. The van der Waals surface area contributed by atoms with Crippen molar-refractivity contribution in [2.75, 3.05) is 6.54 Å². The molecule has 0 saturated heterocycles. The minimum atomic E-state index is -0.924. The van der Waals surface area contributed by atoms with E-state index in [1.165, 1.54) is 0 Å². The molecular weight excluding hydrogens is 332 g/mol. The highest BCUT2D eigenvalue weighted by atomic mass is 32.2. The Kier molecular flexibility index (Phi) is 6.40. The summed E-state index contributed by atoms with van der Waals surface area (Å²) in [5.41, 5.74) is 2.83. The average molecular weight is 358 g/mol. The van der Waals surface area contributed by atoms with Crippen LogP contribution in [0.3, 0.4) is 0 Å². The zero-order valence-electron chi connectivity index (χ0n) is 14.1. The average Bonchev–Trinajstić information content (AvgIpc) is 2.87. The van der Waals surface area contributed by atoms with E-state index in [0.717, 1.165) is 12.8 Å². The van der Waals surface area contributed by atoms with Crippen molar-refractivity contribution in [2.45, 2.75) is 51.2 Å². The van der Waals surface area contributed by atoms with Gasteiger partial charge in [-0.2, -0.15) is 4.41 Å². The topological polar surface area (TPSA) is 107 Å². The molecule has 7 nitrogen and oxygen atoms in total. The summed E-state index contributed by atoms with van der Waals surface area (Å²) in [4.78, 5) is 35.5. The molecule has 0 bridgehead atoms. The van der Waals surface area contributed by atoms with Gasteiger partial charge >= 0.3 is 11.9 Å². The first kappa shape index (κ1) is 18.9. The van der Waals surface area contributed by atoms with Gasteiger partial charge in [-0.3, -0.25) is 19.8 Å². The van der Waals surface area contributed by atoms with E-state index in [0.29, 0.717) is 25.8 Å². The number of hydrazine groups is 1. The predicted molar refractivity (Wildman–Crippen MR) is 92.5 cm³/mol. The molecule has 0 aromatic heterocycles. The van der Waals surface area contributed by atoms with E-state index in [4.69, 9.17) is 0 Å². The molecule has 1 fully saturated rings. The van der Waals surface area contributed by atoms with Crippen molar-refractivity contribution < 1.29 is 24.6 Å². The van der Waals surface area contributed by atoms with Gasteiger partial charge in [0.1, 0.15) is 5.25 Å². The van der Waals surface area contributed by atoms with E-state index in [1.54, 1.807) is 4.41 Å². The molecule has 0 spiro atoms. The number of hydrogen-bond acceptors (Lipinski definition) is 4. The molecule has 24 heavy (non-hydrogen) atoms. The molecule has 1 amide bonds. The number of amides is 1. The first-order valence-corrected chi connectivity index (χ1v) is 9.76. The van der Waals surface area contributed by atoms with Crippen LogP contribution in [0.15, 0.2) is 0 Å². The number of nitrogens with one attached hydrogen (secondary N) is 1. The lowest BCUT2D eigenvalue weighted by Gasteiger charge is -2.31. The van der Waals surface area contributed by atoms with Crippen LogP contribution < -0.4 is 5.43 Å². The Labute approximate surface area is 144 Å². The first-order valence-electron chi connectivity index (χ1n) is 8.45. The molecule has 5 unspecified atom stereocenters. The minimum absolute atomic E-state index is 0.184. The highest BCUT2D eigenvalue weighted by Gasteiger charge is 2.38. The van der Waals surface area contributed by atoms with Crippen molar-refractivity contribution in [1.82, 2.24) is 9.84 Å². The third kappa shape index (κ3) is 4.16. The number of hydrogen-bond donors (Lipinski definition) is 3. The van der Waals surface area contributed by atoms with Crippen molar-refractivity contribution >= 4 is 33.9 Å². The van der Waals surface area contributed by atoms with Gasteiger partial charge in [0, 0.05) is 6.54 Å². The summed E-state index contributed by atoms with van der Waals surface area (Å²) in [5.74, 6) is -3.09. The van der Waals surface area contributed by atoms with E-state index in [-0.39, 0.29) is 11.8 Å². The summed E-state index contributed by atoms with van der Waals surface area (Å²) in [6.45, 7) is 4.37. The Bertz CT molecular complexity index is 551. The molecule has 5 atom stereocenters. The van der Waals surface area contributed by atoms with Crippen LogP contribution in [0.4, 0.5) is 0 Å². The van der Waals surface area contributed by atoms with E-state index in [2.05, 4.69) is 5.43 Å². The van der Waals surface area contributed by atoms with Crippen molar-refractivity contribution in [3.8, 4) is 0 Å². The molecule has 0 aromatic rings. The van der Waals surface area contributed by atoms with E-state index in [1.807, 2.05) is 19.2 Å². The standard InChI is InChI=1S/C16H26N2O5S/c1-3-13(16(22)23)24-9-10(2)8-18(24)17-14(19)11-6-4-5-7-12(11)15(20)21/h9-13H,3-8H2,1-2H3,(H,17,19)(H,20,21)(H,22,23). The summed E-state index contributed by atoms with van der Waals surface area (Å²) < 4.78 is 1.71. The van der Waals surface area contributed by atoms with Gasteiger partial charge in [-0.05, 0) is 30.5 Å². The summed E-state index contributed by atoms with van der Waals surface area (Å²) in [7, 11) is -0.681. The molecule has 3 N–H and O–H groups in total. The number of carbonyl (C=O) groups excluding carboxylic acids is 1. The summed E-state index contributed by atoms with van der Waals surface area (Å²) in [5, 5.41) is 20.2. The van der Waals surface area contributed by atoms with Crippen molar-refractivity contribution in [3.05, 3.63) is 0 Å². The molecule has 0 radical (unpaired) electrons. The predicted octanol–water partition coefficient (Wildman–Crippen LogP) is 1.71. The maximum absolute atomic E-state index is 12.6. The Morgan fingerprint density at radius 1 is 1.25 bits per heavy atom. The lowest BCUT2D eigenvalue weighted by Crippen LogP contribution is -2.47. The number of aliphatic carboxylic acids is 2. The van der Waals surface area contributed by atoms with Gasteiger partial charge < -0.3 is 10.2 Å². The minimum Gasteiger partial charge on any atom is -0.481 e. The van der Waals surface area contributed by atoms with Crippen LogP contribution >= 0.6 is 10.7 Å². The first-order chi connectivity index (χ1) is 11.3. The number of carboxylic acid groups (broad SMARTS) is 2. The molecule has 2 rings (SSSR count). The second kappa shape index (κ2) is 8.11.